The van der Waals surface area contributed by atoms with Crippen LogP contribution < -0.4 is 0 Å². The third-order valence-corrected chi connectivity index (χ3v) is 3.65. The molecule has 4 atom stereocenters. The van der Waals surface area contributed by atoms with E-state index in [9.17, 15) is 4.79 Å². The Hall–Kier alpha value is -0.810. The topological polar surface area (TPSA) is 76.0 Å². The molecule has 0 amide bonds. The van der Waals surface area contributed by atoms with Crippen molar-refractivity contribution < 1.29 is 24.5 Å². The van der Waals surface area contributed by atoms with Crippen LogP contribution in [0.25, 0.3) is 0 Å². The van der Waals surface area contributed by atoms with E-state index in [0.29, 0.717) is 17.8 Å². The molecule has 1 saturated carbocycles. The summed E-state index contributed by atoms with van der Waals surface area (Å²) in [6.45, 7) is 10.0. The van der Waals surface area contributed by atoms with Crippen molar-refractivity contribution in [1.29, 1.82) is 0 Å². The Balaban J connectivity index is 0.00000122. The summed E-state index contributed by atoms with van der Waals surface area (Å²) in [6.07, 6.45) is 1.87. The summed E-state index contributed by atoms with van der Waals surface area (Å²) in [5, 5.41) is 16.6. The van der Waals surface area contributed by atoms with Crippen LogP contribution in [0, 0.1) is 17.8 Å². The first-order valence-corrected chi connectivity index (χ1v) is 7.94. The maximum absolute atomic E-state index is 11.5. The first-order chi connectivity index (χ1) is 9.81. The van der Waals surface area contributed by atoms with E-state index in [1.54, 1.807) is 13.8 Å². The monoisotopic (exact) mass is 304 g/mol. The first-order valence-electron chi connectivity index (χ1n) is 7.94. The molecule has 0 aromatic heterocycles. The van der Waals surface area contributed by atoms with Gasteiger partial charge in [0.15, 0.2) is 0 Å². The lowest BCUT2D eigenvalue weighted by Gasteiger charge is -2.36. The van der Waals surface area contributed by atoms with Crippen LogP contribution in [0.2, 0.25) is 0 Å². The number of ether oxygens (including phenoxy) is 2. The molecule has 126 valence electrons. The van der Waals surface area contributed by atoms with Crippen molar-refractivity contribution in [3.63, 3.8) is 0 Å². The van der Waals surface area contributed by atoms with Gasteiger partial charge in [0.1, 0.15) is 12.7 Å². The fourth-order valence-corrected chi connectivity index (χ4v) is 2.60. The van der Waals surface area contributed by atoms with Crippen LogP contribution in [0.1, 0.15) is 53.9 Å². The zero-order valence-corrected chi connectivity index (χ0v) is 14.0. The molecular weight excluding hydrogens is 272 g/mol. The lowest BCUT2D eigenvalue weighted by molar-refractivity contribution is -0.0412. The summed E-state index contributed by atoms with van der Waals surface area (Å²) >= 11 is 0. The van der Waals surface area contributed by atoms with E-state index in [1.165, 1.54) is 6.42 Å². The van der Waals surface area contributed by atoms with Crippen molar-refractivity contribution in [2.45, 2.75) is 66.1 Å². The van der Waals surface area contributed by atoms with Crippen molar-refractivity contribution in [2.24, 2.45) is 17.8 Å². The van der Waals surface area contributed by atoms with E-state index in [-0.39, 0.29) is 19.3 Å². The van der Waals surface area contributed by atoms with Crippen molar-refractivity contribution in [1.82, 2.24) is 0 Å². The fourth-order valence-electron chi connectivity index (χ4n) is 2.60. The molecule has 21 heavy (non-hydrogen) atoms. The predicted molar refractivity (Wildman–Crippen MR) is 82.0 cm³/mol. The van der Waals surface area contributed by atoms with Crippen molar-refractivity contribution in [3.05, 3.63) is 0 Å². The molecule has 0 spiro atoms. The number of hydrogen-bond acceptors (Lipinski definition) is 5. The van der Waals surface area contributed by atoms with Crippen LogP contribution in [0.5, 0.6) is 0 Å². The number of rotatable bonds is 4. The highest BCUT2D eigenvalue weighted by atomic mass is 16.7. The molecule has 0 heterocycles. The van der Waals surface area contributed by atoms with E-state index in [0.717, 1.165) is 12.8 Å². The molecule has 0 aromatic rings. The van der Waals surface area contributed by atoms with Crippen LogP contribution in [0.4, 0.5) is 4.79 Å². The number of hydrogen-bond donors (Lipinski definition) is 2. The second-order valence-electron chi connectivity index (χ2n) is 6.21. The summed E-state index contributed by atoms with van der Waals surface area (Å²) in [5.41, 5.74) is 0. The van der Waals surface area contributed by atoms with Gasteiger partial charge in [0.05, 0.1) is 6.10 Å². The van der Waals surface area contributed by atoms with Crippen LogP contribution in [-0.2, 0) is 9.47 Å². The summed E-state index contributed by atoms with van der Waals surface area (Å²) < 4.78 is 10.3. The minimum absolute atomic E-state index is 0.00650. The Bertz CT molecular complexity index is 278. The van der Waals surface area contributed by atoms with Gasteiger partial charge in [-0.3, -0.25) is 0 Å². The molecule has 1 aliphatic rings. The second-order valence-corrected chi connectivity index (χ2v) is 6.21. The van der Waals surface area contributed by atoms with Crippen LogP contribution in [-0.4, -0.2) is 41.8 Å². The summed E-state index contributed by atoms with van der Waals surface area (Å²) in [6, 6.07) is 0. The normalized spacial score (nSPS) is 26.6. The van der Waals surface area contributed by atoms with E-state index in [4.69, 9.17) is 19.7 Å². The number of carbonyl (C=O) groups excluding carboxylic acids is 1. The molecule has 0 aliphatic heterocycles. The summed E-state index contributed by atoms with van der Waals surface area (Å²) in [4.78, 5) is 11.5. The average molecular weight is 304 g/mol. The molecule has 1 fully saturated rings. The highest BCUT2D eigenvalue weighted by Gasteiger charge is 2.33. The van der Waals surface area contributed by atoms with Gasteiger partial charge in [0.25, 0.3) is 0 Å². The molecule has 0 radical (unpaired) electrons. The Morgan fingerprint density at radius 2 is 1.86 bits per heavy atom. The Morgan fingerprint density at radius 3 is 2.33 bits per heavy atom. The summed E-state index contributed by atoms with van der Waals surface area (Å²) in [7, 11) is 0. The van der Waals surface area contributed by atoms with Crippen molar-refractivity contribution in [2.75, 3.05) is 13.2 Å². The first kappa shape index (κ1) is 20.2. The quantitative estimate of drug-likeness (QED) is 0.781. The van der Waals surface area contributed by atoms with Gasteiger partial charge < -0.3 is 19.7 Å². The van der Waals surface area contributed by atoms with E-state index in [1.807, 2.05) is 0 Å². The maximum atomic E-state index is 11.5. The highest BCUT2D eigenvalue weighted by molar-refractivity contribution is 5.60. The predicted octanol–water partition coefficient (Wildman–Crippen LogP) is 2.98. The van der Waals surface area contributed by atoms with Gasteiger partial charge in [0.2, 0.25) is 0 Å². The molecule has 4 unspecified atom stereocenters. The molecule has 5 heteroatoms. The maximum Gasteiger partial charge on any atom is 0.508 e. The highest BCUT2D eigenvalue weighted by Crippen LogP contribution is 2.35. The lowest BCUT2D eigenvalue weighted by atomic mass is 9.75. The van der Waals surface area contributed by atoms with Gasteiger partial charge in [-0.2, -0.15) is 0 Å². The zero-order chi connectivity index (χ0) is 16.4. The SMILES string of the molecule is CC(O)COC(=O)OC1CC(C)CCC1C(C)C.CCO. The number of carbonyl (C=O) groups is 1. The van der Waals surface area contributed by atoms with E-state index in [2.05, 4.69) is 20.8 Å². The zero-order valence-electron chi connectivity index (χ0n) is 14.0. The van der Waals surface area contributed by atoms with Gasteiger partial charge in [0, 0.05) is 6.61 Å². The molecule has 1 aliphatic carbocycles. The number of aliphatic hydroxyl groups excluding tert-OH is 2. The van der Waals surface area contributed by atoms with Gasteiger partial charge in [-0.15, -0.1) is 0 Å². The van der Waals surface area contributed by atoms with Gasteiger partial charge >= 0.3 is 6.16 Å². The second kappa shape index (κ2) is 10.9. The smallest absolute Gasteiger partial charge is 0.432 e. The molecule has 0 saturated heterocycles. The van der Waals surface area contributed by atoms with Gasteiger partial charge in [-0.1, -0.05) is 27.2 Å². The van der Waals surface area contributed by atoms with Gasteiger partial charge in [-0.05, 0) is 44.4 Å². The minimum Gasteiger partial charge on any atom is -0.432 e. The number of aliphatic hydroxyl groups is 2. The van der Waals surface area contributed by atoms with Crippen LogP contribution in [0.15, 0.2) is 0 Å². The largest absolute Gasteiger partial charge is 0.508 e. The molecular formula is C16H32O5. The minimum atomic E-state index is -0.652. The Kier molecular flexibility index (Phi) is 10.4. The molecule has 2 N–H and O–H groups in total. The van der Waals surface area contributed by atoms with Crippen LogP contribution in [0.3, 0.4) is 0 Å². The molecule has 0 aromatic carbocycles. The molecule has 5 nitrogen and oxygen atoms in total. The van der Waals surface area contributed by atoms with E-state index >= 15 is 0 Å². The van der Waals surface area contributed by atoms with Crippen molar-refractivity contribution >= 4 is 6.16 Å². The van der Waals surface area contributed by atoms with Gasteiger partial charge in [-0.25, -0.2) is 4.79 Å². The third-order valence-electron chi connectivity index (χ3n) is 3.65. The standard InChI is InChI=1S/C14H26O4.C2H6O/c1-9(2)12-6-5-10(3)7-13(12)18-14(16)17-8-11(4)15;1-2-3/h9-13,15H,5-8H2,1-4H3;3H,2H2,1H3. The molecule has 1 rings (SSSR count). The lowest BCUT2D eigenvalue weighted by Crippen LogP contribution is -2.36. The van der Waals surface area contributed by atoms with Crippen LogP contribution >= 0.6 is 0 Å². The fraction of sp³-hybridized carbons (Fsp3) is 0.938. The summed E-state index contributed by atoms with van der Waals surface area (Å²) in [5.74, 6) is 1.52. The van der Waals surface area contributed by atoms with E-state index < -0.39 is 12.3 Å². The van der Waals surface area contributed by atoms with Crippen molar-refractivity contribution in [3.8, 4) is 0 Å². The Labute approximate surface area is 128 Å². The Morgan fingerprint density at radius 1 is 1.29 bits per heavy atom. The molecule has 0 bridgehead atoms. The average Bonchev–Trinajstić information content (AvgIpc) is 2.37. The third kappa shape index (κ3) is 8.94.